The largest absolute Gasteiger partial charge is 0.394 e. The van der Waals surface area contributed by atoms with Crippen molar-refractivity contribution in [2.24, 2.45) is 0 Å². The van der Waals surface area contributed by atoms with Crippen molar-refractivity contribution >= 4 is 0 Å². The Bertz CT molecular complexity index is 343. The van der Waals surface area contributed by atoms with Crippen LogP contribution in [-0.4, -0.2) is 33.1 Å². The number of hydrogen-bond donors (Lipinski definition) is 2. The SMILES string of the molecule is CCC(CO)(CCCn1cc(C)cn1)NC(C)C. The van der Waals surface area contributed by atoms with Gasteiger partial charge in [-0.25, -0.2) is 0 Å². The first-order valence-corrected chi connectivity index (χ1v) is 6.89. The molecule has 4 heteroatoms. The van der Waals surface area contributed by atoms with Crippen LogP contribution in [0.15, 0.2) is 12.4 Å². The maximum atomic E-state index is 9.64. The highest BCUT2D eigenvalue weighted by molar-refractivity contribution is 4.99. The molecule has 1 aromatic rings. The number of nitrogens with one attached hydrogen (secondary N) is 1. The normalized spacial score (nSPS) is 15.0. The van der Waals surface area contributed by atoms with Crippen LogP contribution in [0.25, 0.3) is 0 Å². The summed E-state index contributed by atoms with van der Waals surface area (Å²) in [6.45, 7) is 9.53. The van der Waals surface area contributed by atoms with Gasteiger partial charge in [-0.2, -0.15) is 5.10 Å². The third-order valence-corrected chi connectivity index (χ3v) is 3.38. The molecule has 0 amide bonds. The van der Waals surface area contributed by atoms with E-state index in [9.17, 15) is 5.11 Å². The van der Waals surface area contributed by atoms with Gasteiger partial charge in [-0.15, -0.1) is 0 Å². The molecule has 0 saturated heterocycles. The predicted molar refractivity (Wildman–Crippen MR) is 74.6 cm³/mol. The maximum absolute atomic E-state index is 9.64. The van der Waals surface area contributed by atoms with Gasteiger partial charge < -0.3 is 10.4 Å². The summed E-state index contributed by atoms with van der Waals surface area (Å²) in [6, 6.07) is 0.393. The molecule has 18 heavy (non-hydrogen) atoms. The molecule has 0 fully saturated rings. The zero-order valence-corrected chi connectivity index (χ0v) is 12.1. The zero-order chi connectivity index (χ0) is 13.6. The van der Waals surface area contributed by atoms with Crippen LogP contribution < -0.4 is 5.32 Å². The number of rotatable bonds is 8. The molecule has 1 rings (SSSR count). The Morgan fingerprint density at radius 3 is 2.67 bits per heavy atom. The highest BCUT2D eigenvalue weighted by Gasteiger charge is 2.27. The zero-order valence-electron chi connectivity index (χ0n) is 12.1. The standard InChI is InChI=1S/C14H27N3O/c1-5-14(11-18,16-12(2)3)7-6-8-17-10-13(4)9-15-17/h9-10,12,16,18H,5-8,11H2,1-4H3. The van der Waals surface area contributed by atoms with Gasteiger partial charge in [-0.1, -0.05) is 20.8 Å². The Kier molecular flexibility index (Phi) is 5.82. The van der Waals surface area contributed by atoms with Crippen molar-refractivity contribution in [3.8, 4) is 0 Å². The summed E-state index contributed by atoms with van der Waals surface area (Å²) < 4.78 is 1.97. The van der Waals surface area contributed by atoms with Gasteiger partial charge in [0.2, 0.25) is 0 Å². The average Bonchev–Trinajstić information content (AvgIpc) is 2.73. The Balaban J connectivity index is 2.46. The first kappa shape index (κ1) is 15.2. The lowest BCUT2D eigenvalue weighted by atomic mass is 9.90. The van der Waals surface area contributed by atoms with E-state index in [1.807, 2.05) is 17.8 Å². The van der Waals surface area contributed by atoms with Crippen LogP contribution in [-0.2, 0) is 6.54 Å². The lowest BCUT2D eigenvalue weighted by molar-refractivity contribution is 0.133. The van der Waals surface area contributed by atoms with Crippen LogP contribution in [0, 0.1) is 6.92 Å². The minimum Gasteiger partial charge on any atom is -0.394 e. The van der Waals surface area contributed by atoms with Crippen molar-refractivity contribution in [2.75, 3.05) is 6.61 Å². The van der Waals surface area contributed by atoms with Crippen LogP contribution in [0.5, 0.6) is 0 Å². The second-order valence-corrected chi connectivity index (χ2v) is 5.48. The average molecular weight is 253 g/mol. The van der Waals surface area contributed by atoms with E-state index in [1.165, 1.54) is 5.56 Å². The van der Waals surface area contributed by atoms with E-state index in [0.717, 1.165) is 25.8 Å². The van der Waals surface area contributed by atoms with Crippen LogP contribution in [0.1, 0.15) is 45.6 Å². The minimum absolute atomic E-state index is 0.142. The van der Waals surface area contributed by atoms with Crippen LogP contribution in [0.3, 0.4) is 0 Å². The number of nitrogens with zero attached hydrogens (tertiary/aromatic N) is 2. The van der Waals surface area contributed by atoms with Crippen molar-refractivity contribution in [1.82, 2.24) is 15.1 Å². The number of aryl methyl sites for hydroxylation is 2. The summed E-state index contributed by atoms with van der Waals surface area (Å²) in [6.07, 6.45) is 6.88. The highest BCUT2D eigenvalue weighted by atomic mass is 16.3. The number of aliphatic hydroxyl groups excluding tert-OH is 1. The van der Waals surface area contributed by atoms with Crippen molar-refractivity contribution < 1.29 is 5.11 Å². The van der Waals surface area contributed by atoms with E-state index in [2.05, 4.69) is 37.4 Å². The fourth-order valence-corrected chi connectivity index (χ4v) is 2.37. The second kappa shape index (κ2) is 6.90. The second-order valence-electron chi connectivity index (χ2n) is 5.48. The molecule has 4 nitrogen and oxygen atoms in total. The minimum atomic E-state index is -0.142. The Morgan fingerprint density at radius 2 is 2.22 bits per heavy atom. The molecule has 104 valence electrons. The third kappa shape index (κ3) is 4.42. The lowest BCUT2D eigenvalue weighted by Gasteiger charge is -2.34. The Hall–Kier alpha value is -0.870. The third-order valence-electron chi connectivity index (χ3n) is 3.38. The monoisotopic (exact) mass is 253 g/mol. The molecular weight excluding hydrogens is 226 g/mol. The molecule has 0 aliphatic rings. The molecule has 1 atom stereocenters. The van der Waals surface area contributed by atoms with Gasteiger partial charge in [0.05, 0.1) is 12.8 Å². The summed E-state index contributed by atoms with van der Waals surface area (Å²) in [7, 11) is 0. The van der Waals surface area contributed by atoms with E-state index in [0.29, 0.717) is 6.04 Å². The molecule has 1 aromatic heterocycles. The summed E-state index contributed by atoms with van der Waals surface area (Å²) in [5, 5.41) is 17.4. The van der Waals surface area contributed by atoms with Gasteiger partial charge in [0.15, 0.2) is 0 Å². The summed E-state index contributed by atoms with van der Waals surface area (Å²) >= 11 is 0. The van der Waals surface area contributed by atoms with Crippen LogP contribution in [0.4, 0.5) is 0 Å². The summed E-state index contributed by atoms with van der Waals surface area (Å²) in [4.78, 5) is 0. The van der Waals surface area contributed by atoms with E-state index >= 15 is 0 Å². The van der Waals surface area contributed by atoms with E-state index in [-0.39, 0.29) is 12.1 Å². The lowest BCUT2D eigenvalue weighted by Crippen LogP contribution is -2.51. The number of aliphatic hydroxyl groups is 1. The smallest absolute Gasteiger partial charge is 0.0613 e. The van der Waals surface area contributed by atoms with Gasteiger partial charge in [-0.3, -0.25) is 4.68 Å². The van der Waals surface area contributed by atoms with E-state index in [1.54, 1.807) is 0 Å². The van der Waals surface area contributed by atoms with Crippen LogP contribution in [0.2, 0.25) is 0 Å². The summed E-state index contributed by atoms with van der Waals surface area (Å²) in [5.74, 6) is 0. The van der Waals surface area contributed by atoms with Gasteiger partial charge >= 0.3 is 0 Å². The maximum Gasteiger partial charge on any atom is 0.0613 e. The number of aromatic nitrogens is 2. The molecule has 0 aliphatic heterocycles. The molecule has 0 aliphatic carbocycles. The van der Waals surface area contributed by atoms with Crippen molar-refractivity contribution in [3.63, 3.8) is 0 Å². The molecule has 0 radical (unpaired) electrons. The fourth-order valence-electron chi connectivity index (χ4n) is 2.37. The summed E-state index contributed by atoms with van der Waals surface area (Å²) in [5.41, 5.74) is 1.05. The van der Waals surface area contributed by atoms with E-state index in [4.69, 9.17) is 0 Å². The molecule has 1 heterocycles. The molecule has 2 N–H and O–H groups in total. The fraction of sp³-hybridized carbons (Fsp3) is 0.786. The Morgan fingerprint density at radius 1 is 1.50 bits per heavy atom. The first-order chi connectivity index (χ1) is 8.51. The van der Waals surface area contributed by atoms with Crippen molar-refractivity contribution in [1.29, 1.82) is 0 Å². The molecule has 1 unspecified atom stereocenters. The topological polar surface area (TPSA) is 50.1 Å². The molecule has 0 saturated carbocycles. The highest BCUT2D eigenvalue weighted by Crippen LogP contribution is 2.18. The van der Waals surface area contributed by atoms with Gasteiger partial charge in [0.25, 0.3) is 0 Å². The quantitative estimate of drug-likeness (QED) is 0.746. The van der Waals surface area contributed by atoms with Crippen molar-refractivity contribution in [3.05, 3.63) is 18.0 Å². The van der Waals surface area contributed by atoms with Crippen LogP contribution >= 0.6 is 0 Å². The van der Waals surface area contributed by atoms with Gasteiger partial charge in [-0.05, 0) is 31.7 Å². The first-order valence-electron chi connectivity index (χ1n) is 6.89. The molecule has 0 aromatic carbocycles. The van der Waals surface area contributed by atoms with Gasteiger partial charge in [0.1, 0.15) is 0 Å². The molecule has 0 bridgehead atoms. The van der Waals surface area contributed by atoms with Crippen molar-refractivity contribution in [2.45, 2.75) is 65.1 Å². The Labute approximate surface area is 110 Å². The molecule has 0 spiro atoms. The van der Waals surface area contributed by atoms with E-state index < -0.39 is 0 Å². The van der Waals surface area contributed by atoms with Gasteiger partial charge in [0, 0.05) is 24.3 Å². The number of hydrogen-bond acceptors (Lipinski definition) is 3. The predicted octanol–water partition coefficient (Wildman–Crippen LogP) is 2.11. The molecular formula is C14H27N3O.